The number of benzene rings is 6. The maximum atomic E-state index is 6.56. The molecule has 0 bridgehead atoms. The second-order valence-corrected chi connectivity index (χ2v) is 12.7. The van der Waals surface area contributed by atoms with Crippen LogP contribution in [0.1, 0.15) is 17.7 Å². The van der Waals surface area contributed by atoms with E-state index in [4.69, 9.17) is 19.4 Å². The third kappa shape index (κ3) is 4.66. The number of hydrogen-bond donors (Lipinski definition) is 0. The van der Waals surface area contributed by atoms with Gasteiger partial charge < -0.3 is 4.42 Å². The predicted molar refractivity (Wildman–Crippen MR) is 203 cm³/mol. The molecule has 5 heteroatoms. The summed E-state index contributed by atoms with van der Waals surface area (Å²) in [7, 11) is 0. The second-order valence-electron chi connectivity index (χ2n) is 12.7. The molecule has 0 amide bonds. The van der Waals surface area contributed by atoms with Gasteiger partial charge >= 0.3 is 0 Å². The van der Waals surface area contributed by atoms with Gasteiger partial charge in [-0.15, -0.1) is 0 Å². The molecule has 3 heterocycles. The van der Waals surface area contributed by atoms with Crippen LogP contribution in [0, 0.1) is 0 Å². The molecule has 5 nitrogen and oxygen atoms in total. The van der Waals surface area contributed by atoms with E-state index in [0.29, 0.717) is 17.6 Å². The van der Waals surface area contributed by atoms with Crippen LogP contribution in [-0.4, -0.2) is 19.5 Å². The number of rotatable bonds is 5. The van der Waals surface area contributed by atoms with Crippen molar-refractivity contribution in [2.45, 2.75) is 12.8 Å². The Balaban J connectivity index is 1.14. The third-order valence-electron chi connectivity index (χ3n) is 9.75. The van der Waals surface area contributed by atoms with Crippen LogP contribution in [0.4, 0.5) is 0 Å². The summed E-state index contributed by atoms with van der Waals surface area (Å²) in [5, 5.41) is 3.39. The van der Waals surface area contributed by atoms with Crippen LogP contribution < -0.4 is 0 Å². The van der Waals surface area contributed by atoms with E-state index in [9.17, 15) is 0 Å². The van der Waals surface area contributed by atoms with Gasteiger partial charge in [0.25, 0.3) is 0 Å². The molecule has 236 valence electrons. The van der Waals surface area contributed by atoms with E-state index in [0.717, 1.165) is 68.2 Å². The Kier molecular flexibility index (Phi) is 6.56. The van der Waals surface area contributed by atoms with Crippen molar-refractivity contribution < 1.29 is 4.42 Å². The number of nitrogens with zero attached hydrogens (tertiary/aromatic N) is 4. The maximum Gasteiger partial charge on any atom is 0.238 e. The summed E-state index contributed by atoms with van der Waals surface area (Å²) in [6, 6.07) is 50.5. The van der Waals surface area contributed by atoms with Gasteiger partial charge in [0.05, 0.1) is 11.2 Å². The van der Waals surface area contributed by atoms with E-state index in [1.165, 1.54) is 22.1 Å². The van der Waals surface area contributed by atoms with Crippen LogP contribution in [-0.2, 0) is 6.42 Å². The van der Waals surface area contributed by atoms with Crippen molar-refractivity contribution in [2.24, 2.45) is 0 Å². The average molecular weight is 643 g/mol. The predicted octanol–water partition coefficient (Wildman–Crippen LogP) is 11.3. The molecule has 10 rings (SSSR count). The number of furan rings is 1. The van der Waals surface area contributed by atoms with Gasteiger partial charge in [-0.2, -0.15) is 9.97 Å². The summed E-state index contributed by atoms with van der Waals surface area (Å²) in [6.45, 7) is 0. The van der Waals surface area contributed by atoms with Gasteiger partial charge in [0.1, 0.15) is 11.2 Å². The topological polar surface area (TPSA) is 56.7 Å². The highest BCUT2D eigenvalue weighted by Crippen LogP contribution is 2.39. The van der Waals surface area contributed by atoms with E-state index in [-0.39, 0.29) is 0 Å². The molecule has 0 saturated carbocycles. The first-order valence-electron chi connectivity index (χ1n) is 17.0. The smallest absolute Gasteiger partial charge is 0.238 e. The van der Waals surface area contributed by atoms with E-state index in [1.807, 2.05) is 42.5 Å². The van der Waals surface area contributed by atoms with Gasteiger partial charge in [0, 0.05) is 27.3 Å². The zero-order valence-electron chi connectivity index (χ0n) is 27.1. The Morgan fingerprint density at radius 2 is 1.24 bits per heavy atom. The Bertz CT molecular complexity index is 2760. The average Bonchev–Trinajstić information content (AvgIpc) is 3.74. The van der Waals surface area contributed by atoms with Crippen molar-refractivity contribution in [2.75, 3.05) is 0 Å². The maximum absolute atomic E-state index is 6.56. The van der Waals surface area contributed by atoms with Crippen LogP contribution in [0.15, 0.2) is 156 Å². The number of fused-ring (bicyclic) bond motifs is 6. The zero-order chi connectivity index (χ0) is 33.0. The van der Waals surface area contributed by atoms with E-state index >= 15 is 0 Å². The molecule has 0 radical (unpaired) electrons. The molecule has 0 unspecified atom stereocenters. The number of aryl methyl sites for hydroxylation is 1. The summed E-state index contributed by atoms with van der Waals surface area (Å²) in [6.07, 6.45) is 6.46. The fourth-order valence-electron chi connectivity index (χ4n) is 7.41. The highest BCUT2D eigenvalue weighted by molar-refractivity contribution is 6.13. The number of allylic oxidation sites excluding steroid dienone is 1. The van der Waals surface area contributed by atoms with Crippen molar-refractivity contribution in [3.05, 3.63) is 163 Å². The fraction of sp³-hybridized carbons (Fsp3) is 0.0444. The zero-order valence-corrected chi connectivity index (χ0v) is 27.1. The number of aromatic nitrogens is 4. The minimum Gasteiger partial charge on any atom is -0.456 e. The van der Waals surface area contributed by atoms with Crippen LogP contribution in [0.5, 0.6) is 0 Å². The first-order chi connectivity index (χ1) is 24.8. The molecule has 50 heavy (non-hydrogen) atoms. The molecule has 0 spiro atoms. The van der Waals surface area contributed by atoms with Crippen LogP contribution in [0.3, 0.4) is 0 Å². The quantitative estimate of drug-likeness (QED) is 0.187. The largest absolute Gasteiger partial charge is 0.456 e. The Morgan fingerprint density at radius 3 is 2.10 bits per heavy atom. The molecule has 1 aliphatic rings. The molecule has 0 N–H and O–H groups in total. The molecule has 0 saturated heterocycles. The highest BCUT2D eigenvalue weighted by atomic mass is 16.3. The summed E-state index contributed by atoms with van der Waals surface area (Å²) < 4.78 is 8.74. The molecule has 1 aliphatic carbocycles. The first kappa shape index (κ1) is 28.4. The molecule has 0 atom stereocenters. The molecule has 0 aliphatic heterocycles. The number of para-hydroxylation sites is 1. The van der Waals surface area contributed by atoms with Crippen molar-refractivity contribution in [1.82, 2.24) is 19.5 Å². The summed E-state index contributed by atoms with van der Waals surface area (Å²) >= 11 is 0. The lowest BCUT2D eigenvalue weighted by molar-refractivity contribution is 0.669. The van der Waals surface area contributed by atoms with E-state index in [1.54, 1.807) is 0 Å². The van der Waals surface area contributed by atoms with Crippen LogP contribution in [0.25, 0.3) is 89.9 Å². The Morgan fingerprint density at radius 1 is 0.520 bits per heavy atom. The minimum atomic E-state index is 0.596. The van der Waals surface area contributed by atoms with Gasteiger partial charge in [-0.3, -0.25) is 4.57 Å². The molecule has 6 aromatic carbocycles. The van der Waals surface area contributed by atoms with Gasteiger partial charge in [-0.05, 0) is 77.1 Å². The van der Waals surface area contributed by atoms with Gasteiger partial charge in [0.2, 0.25) is 5.95 Å². The Hall–Kier alpha value is -6.59. The van der Waals surface area contributed by atoms with Gasteiger partial charge in [0.15, 0.2) is 11.6 Å². The van der Waals surface area contributed by atoms with Crippen molar-refractivity contribution in [1.29, 1.82) is 0 Å². The second kappa shape index (κ2) is 11.5. The normalized spacial score (nSPS) is 12.6. The highest BCUT2D eigenvalue weighted by Gasteiger charge is 2.22. The van der Waals surface area contributed by atoms with Crippen LogP contribution in [0.2, 0.25) is 0 Å². The molecular weight excluding hydrogens is 613 g/mol. The minimum absolute atomic E-state index is 0.596. The van der Waals surface area contributed by atoms with Gasteiger partial charge in [-0.25, -0.2) is 4.98 Å². The first-order valence-corrected chi connectivity index (χ1v) is 17.0. The SMILES string of the molecule is C1=Cc2c(c3ccccc3n2-c2nc(-c3ccccc3)nc(-c3ccc4c(c3)oc3cccc(-c5cccc(-c6ccccc6)c5)c34)n2)CC1. The van der Waals surface area contributed by atoms with Crippen LogP contribution >= 0.6 is 0 Å². The lowest BCUT2D eigenvalue weighted by atomic mass is 9.96. The summed E-state index contributed by atoms with van der Waals surface area (Å²) in [5.74, 6) is 1.82. The molecule has 9 aromatic rings. The molecular formula is C45H30N4O. The van der Waals surface area contributed by atoms with E-state index in [2.05, 4.69) is 120 Å². The molecule has 0 fully saturated rings. The van der Waals surface area contributed by atoms with E-state index < -0.39 is 0 Å². The lowest BCUT2D eigenvalue weighted by Crippen LogP contribution is -2.08. The van der Waals surface area contributed by atoms with Crippen molar-refractivity contribution >= 4 is 38.9 Å². The monoisotopic (exact) mass is 642 g/mol. The lowest BCUT2D eigenvalue weighted by Gasteiger charge is -2.13. The summed E-state index contributed by atoms with van der Waals surface area (Å²) in [5.41, 5.74) is 11.7. The third-order valence-corrected chi connectivity index (χ3v) is 9.75. The summed E-state index contributed by atoms with van der Waals surface area (Å²) in [4.78, 5) is 15.3. The standard InChI is InChI=1S/C45H30N4O/c1-3-13-29(14-4-1)31-17-11-18-32(27-31)34-21-12-24-40-42(34)37-26-25-33(28-41(37)50-40)44-46-43(30-15-5-2-6-16-30)47-45(48-44)49-38-22-9-7-19-35(38)36-20-8-10-23-39(36)49/h1-7,9-19,21-28H,8,20H2. The van der Waals surface area contributed by atoms with Crippen molar-refractivity contribution in [3.63, 3.8) is 0 Å². The fourth-order valence-corrected chi connectivity index (χ4v) is 7.41. The number of hydrogen-bond acceptors (Lipinski definition) is 4. The van der Waals surface area contributed by atoms with Crippen molar-refractivity contribution in [3.8, 4) is 51.0 Å². The molecule has 3 aromatic heterocycles. The van der Waals surface area contributed by atoms with Gasteiger partial charge in [-0.1, -0.05) is 121 Å². The Labute approximate surface area is 288 Å².